The van der Waals surface area contributed by atoms with Gasteiger partial charge in [-0.15, -0.1) is 0 Å². The summed E-state index contributed by atoms with van der Waals surface area (Å²) in [5.41, 5.74) is 0.723. The van der Waals surface area contributed by atoms with Crippen LogP contribution in [0.3, 0.4) is 0 Å². The third-order valence-electron chi connectivity index (χ3n) is 3.28. The molecule has 0 heterocycles. The normalized spacial score (nSPS) is 12.3. The van der Waals surface area contributed by atoms with Crippen LogP contribution in [0.4, 0.5) is 5.69 Å². The van der Waals surface area contributed by atoms with E-state index in [4.69, 9.17) is 0 Å². The first-order chi connectivity index (χ1) is 9.15. The fourth-order valence-corrected chi connectivity index (χ4v) is 2.20. The highest BCUT2D eigenvalue weighted by Gasteiger charge is 2.15. The molecular formula is C15H23NO3. The number of unbranched alkanes of at least 4 members (excludes halogenated alkanes) is 4. The van der Waals surface area contributed by atoms with Gasteiger partial charge in [-0.1, -0.05) is 57.2 Å². The van der Waals surface area contributed by atoms with Gasteiger partial charge in [-0.05, 0) is 6.42 Å². The quantitative estimate of drug-likeness (QED) is 0.419. The van der Waals surface area contributed by atoms with E-state index in [-0.39, 0.29) is 10.6 Å². The van der Waals surface area contributed by atoms with Crippen molar-refractivity contribution in [1.82, 2.24) is 0 Å². The largest absolute Gasteiger partial charge is 0.393 e. The van der Waals surface area contributed by atoms with Crippen molar-refractivity contribution in [2.45, 2.75) is 58.0 Å². The molecule has 0 aliphatic rings. The smallest absolute Gasteiger partial charge is 0.272 e. The highest BCUT2D eigenvalue weighted by Crippen LogP contribution is 2.20. The zero-order valence-corrected chi connectivity index (χ0v) is 11.5. The Labute approximate surface area is 114 Å². The fourth-order valence-electron chi connectivity index (χ4n) is 2.20. The van der Waals surface area contributed by atoms with E-state index in [9.17, 15) is 15.2 Å². The van der Waals surface area contributed by atoms with Crippen molar-refractivity contribution in [2.75, 3.05) is 0 Å². The Hall–Kier alpha value is -1.42. The molecule has 0 aromatic heterocycles. The average molecular weight is 265 g/mol. The summed E-state index contributed by atoms with van der Waals surface area (Å²) in [6.45, 7) is 2.17. The van der Waals surface area contributed by atoms with Crippen LogP contribution in [0.15, 0.2) is 24.3 Å². The predicted molar refractivity (Wildman–Crippen MR) is 76.2 cm³/mol. The summed E-state index contributed by atoms with van der Waals surface area (Å²) in [6.07, 6.45) is 6.36. The first-order valence-corrected chi connectivity index (χ1v) is 7.05. The van der Waals surface area contributed by atoms with Crippen molar-refractivity contribution in [3.8, 4) is 0 Å². The van der Waals surface area contributed by atoms with Crippen LogP contribution in [-0.2, 0) is 6.42 Å². The third kappa shape index (κ3) is 5.83. The van der Waals surface area contributed by atoms with E-state index in [1.165, 1.54) is 25.3 Å². The molecule has 0 radical (unpaired) electrons. The maximum atomic E-state index is 10.9. The van der Waals surface area contributed by atoms with Crippen molar-refractivity contribution >= 4 is 5.69 Å². The van der Waals surface area contributed by atoms with Crippen LogP contribution in [-0.4, -0.2) is 16.1 Å². The van der Waals surface area contributed by atoms with E-state index < -0.39 is 6.10 Å². The molecule has 1 atom stereocenters. The van der Waals surface area contributed by atoms with E-state index in [0.717, 1.165) is 19.3 Å². The van der Waals surface area contributed by atoms with Gasteiger partial charge in [0.15, 0.2) is 0 Å². The Morgan fingerprint density at radius 2 is 1.89 bits per heavy atom. The summed E-state index contributed by atoms with van der Waals surface area (Å²) in [4.78, 5) is 10.5. The molecule has 0 fully saturated rings. The van der Waals surface area contributed by atoms with Crippen LogP contribution in [0.5, 0.6) is 0 Å². The molecule has 1 aromatic carbocycles. The van der Waals surface area contributed by atoms with Crippen LogP contribution in [0.1, 0.15) is 51.0 Å². The van der Waals surface area contributed by atoms with Crippen molar-refractivity contribution in [3.63, 3.8) is 0 Å². The summed E-state index contributed by atoms with van der Waals surface area (Å²) in [5.74, 6) is 0. The lowest BCUT2D eigenvalue weighted by Gasteiger charge is -2.10. The Morgan fingerprint density at radius 3 is 2.58 bits per heavy atom. The minimum Gasteiger partial charge on any atom is -0.393 e. The number of aliphatic hydroxyl groups is 1. The highest BCUT2D eigenvalue weighted by atomic mass is 16.6. The standard InChI is InChI=1S/C15H23NO3/c1-2-3-4-5-6-10-14(17)12-13-9-7-8-11-15(13)16(18)19/h7-9,11,14,17H,2-6,10,12H2,1H3. The molecule has 1 rings (SSSR count). The van der Waals surface area contributed by atoms with Crippen LogP contribution in [0.25, 0.3) is 0 Å². The Morgan fingerprint density at radius 1 is 1.21 bits per heavy atom. The van der Waals surface area contributed by atoms with E-state index in [0.29, 0.717) is 12.0 Å². The molecule has 1 aromatic rings. The lowest BCUT2D eigenvalue weighted by molar-refractivity contribution is -0.385. The molecule has 1 N–H and O–H groups in total. The summed E-state index contributed by atoms with van der Waals surface area (Å²) in [5, 5.41) is 20.8. The fraction of sp³-hybridized carbons (Fsp3) is 0.600. The second-order valence-electron chi connectivity index (χ2n) is 4.95. The number of para-hydroxylation sites is 1. The Kier molecular flexibility index (Phi) is 7.11. The molecule has 0 amide bonds. The van der Waals surface area contributed by atoms with Gasteiger partial charge in [-0.2, -0.15) is 0 Å². The molecule has 0 saturated carbocycles. The van der Waals surface area contributed by atoms with Crippen molar-refractivity contribution in [3.05, 3.63) is 39.9 Å². The van der Waals surface area contributed by atoms with Gasteiger partial charge in [-0.3, -0.25) is 10.1 Å². The molecule has 1 unspecified atom stereocenters. The summed E-state index contributed by atoms with van der Waals surface area (Å²) in [6, 6.07) is 6.64. The van der Waals surface area contributed by atoms with E-state index >= 15 is 0 Å². The lowest BCUT2D eigenvalue weighted by Crippen LogP contribution is -2.11. The zero-order chi connectivity index (χ0) is 14.1. The maximum absolute atomic E-state index is 10.9. The number of nitrogens with zero attached hydrogens (tertiary/aromatic N) is 1. The van der Waals surface area contributed by atoms with Gasteiger partial charge >= 0.3 is 0 Å². The second kappa shape index (κ2) is 8.64. The summed E-state index contributed by atoms with van der Waals surface area (Å²) in [7, 11) is 0. The first-order valence-electron chi connectivity index (χ1n) is 7.05. The van der Waals surface area contributed by atoms with Gasteiger partial charge in [0, 0.05) is 18.1 Å². The van der Waals surface area contributed by atoms with Crippen LogP contribution >= 0.6 is 0 Å². The molecule has 0 bridgehead atoms. The summed E-state index contributed by atoms with van der Waals surface area (Å²) < 4.78 is 0. The van der Waals surface area contributed by atoms with Gasteiger partial charge in [-0.25, -0.2) is 0 Å². The molecule has 0 saturated heterocycles. The lowest BCUT2D eigenvalue weighted by atomic mass is 10.0. The average Bonchev–Trinajstić information content (AvgIpc) is 2.39. The minimum atomic E-state index is -0.484. The molecule has 0 aliphatic carbocycles. The predicted octanol–water partition coefficient (Wildman–Crippen LogP) is 3.86. The van der Waals surface area contributed by atoms with Crippen LogP contribution in [0.2, 0.25) is 0 Å². The number of hydrogen-bond donors (Lipinski definition) is 1. The third-order valence-corrected chi connectivity index (χ3v) is 3.28. The number of hydrogen-bond acceptors (Lipinski definition) is 3. The van der Waals surface area contributed by atoms with Crippen molar-refractivity contribution < 1.29 is 10.0 Å². The van der Waals surface area contributed by atoms with E-state index in [1.54, 1.807) is 18.2 Å². The van der Waals surface area contributed by atoms with Crippen LogP contribution < -0.4 is 0 Å². The Balaban J connectivity index is 2.39. The zero-order valence-electron chi connectivity index (χ0n) is 11.5. The van der Waals surface area contributed by atoms with E-state index in [1.807, 2.05) is 0 Å². The molecule has 19 heavy (non-hydrogen) atoms. The second-order valence-corrected chi connectivity index (χ2v) is 4.95. The number of aliphatic hydroxyl groups excluding tert-OH is 1. The molecule has 0 spiro atoms. The Bertz CT molecular complexity index is 393. The number of benzene rings is 1. The monoisotopic (exact) mass is 265 g/mol. The SMILES string of the molecule is CCCCCCCC(O)Cc1ccccc1[N+](=O)[O-]. The van der Waals surface area contributed by atoms with Gasteiger partial charge < -0.3 is 5.11 Å². The van der Waals surface area contributed by atoms with Crippen LogP contribution in [0, 0.1) is 10.1 Å². The molecule has 106 valence electrons. The molecule has 0 aliphatic heterocycles. The van der Waals surface area contributed by atoms with Gasteiger partial charge in [0.25, 0.3) is 5.69 Å². The van der Waals surface area contributed by atoms with Gasteiger partial charge in [0.1, 0.15) is 0 Å². The highest BCUT2D eigenvalue weighted by molar-refractivity contribution is 5.40. The van der Waals surface area contributed by atoms with Gasteiger partial charge in [0.2, 0.25) is 0 Å². The molecular weight excluding hydrogens is 242 g/mol. The first kappa shape index (κ1) is 15.6. The number of nitro groups is 1. The number of rotatable bonds is 9. The molecule has 4 nitrogen and oxygen atoms in total. The topological polar surface area (TPSA) is 63.4 Å². The van der Waals surface area contributed by atoms with E-state index in [2.05, 4.69) is 6.92 Å². The minimum absolute atomic E-state index is 0.104. The number of nitro benzene ring substituents is 1. The van der Waals surface area contributed by atoms with Crippen molar-refractivity contribution in [1.29, 1.82) is 0 Å². The maximum Gasteiger partial charge on any atom is 0.272 e. The molecule has 4 heteroatoms. The summed E-state index contributed by atoms with van der Waals surface area (Å²) >= 11 is 0. The van der Waals surface area contributed by atoms with Gasteiger partial charge in [0.05, 0.1) is 11.0 Å². The van der Waals surface area contributed by atoms with Crippen molar-refractivity contribution in [2.24, 2.45) is 0 Å².